The second-order valence-electron chi connectivity index (χ2n) is 2.23. The fourth-order valence-electron chi connectivity index (χ4n) is 0.742. The minimum absolute atomic E-state index is 0.687. The monoisotopic (exact) mass is 180 g/mol. The third-order valence-electron chi connectivity index (χ3n) is 1.45. The fourth-order valence-corrected chi connectivity index (χ4v) is 0.742. The summed E-state index contributed by atoms with van der Waals surface area (Å²) in [5.41, 5.74) is 4.82. The average Bonchev–Trinajstić information content (AvgIpc) is 2.12. The van der Waals surface area contributed by atoms with E-state index in [1.165, 1.54) is 13.1 Å². The van der Waals surface area contributed by atoms with Gasteiger partial charge in [-0.1, -0.05) is 0 Å². The maximum atomic E-state index is 11.0. The summed E-state index contributed by atoms with van der Waals surface area (Å²) in [4.78, 5) is 21.6. The summed E-state index contributed by atoms with van der Waals surface area (Å²) in [7, 11) is 1.31. The molecule has 0 aromatic heterocycles. The van der Waals surface area contributed by atoms with E-state index in [1.807, 2.05) is 0 Å². The maximum Gasteiger partial charge on any atom is 0.239 e. The number of hydrogen-bond donors (Lipinski definition) is 2. The summed E-state index contributed by atoms with van der Waals surface area (Å²) in [6.45, 7) is 0. The highest BCUT2D eigenvalue weighted by molar-refractivity contribution is 5.90. The molecule has 0 spiro atoms. The molecule has 0 radical (unpaired) electrons. The Morgan fingerprint density at radius 3 is 2.00 bits per heavy atom. The van der Waals surface area contributed by atoms with Crippen LogP contribution in [0.3, 0.4) is 0 Å². The van der Waals surface area contributed by atoms with Gasteiger partial charge in [-0.2, -0.15) is 10.5 Å². The van der Waals surface area contributed by atoms with Crippen molar-refractivity contribution in [3.63, 3.8) is 0 Å². The summed E-state index contributed by atoms with van der Waals surface area (Å²) in [6, 6.07) is 3.06. The van der Waals surface area contributed by atoms with Crippen LogP contribution in [0, 0.1) is 34.5 Å². The second kappa shape index (κ2) is 4.73. The van der Waals surface area contributed by atoms with Crippen molar-refractivity contribution in [3.8, 4) is 12.1 Å². The van der Waals surface area contributed by atoms with E-state index in [4.69, 9.17) is 16.3 Å². The van der Waals surface area contributed by atoms with E-state index in [0.717, 1.165) is 0 Å². The smallest absolute Gasteiger partial charge is 0.239 e. The van der Waals surface area contributed by atoms with Gasteiger partial charge in [0.25, 0.3) is 0 Å². The van der Waals surface area contributed by atoms with Gasteiger partial charge in [-0.25, -0.2) is 0 Å². The van der Waals surface area contributed by atoms with Crippen molar-refractivity contribution in [1.82, 2.24) is 5.32 Å². The Morgan fingerprint density at radius 1 is 1.31 bits per heavy atom. The molecule has 13 heavy (non-hydrogen) atoms. The largest absolute Gasteiger partial charge is 0.368 e. The third-order valence-corrected chi connectivity index (χ3v) is 1.45. The zero-order valence-electron chi connectivity index (χ0n) is 6.94. The van der Waals surface area contributed by atoms with Gasteiger partial charge < -0.3 is 11.1 Å². The number of rotatable bonds is 3. The number of nitriles is 2. The third kappa shape index (κ3) is 2.46. The molecule has 2 unspecified atom stereocenters. The Morgan fingerprint density at radius 2 is 1.77 bits per heavy atom. The van der Waals surface area contributed by atoms with Gasteiger partial charge in [-0.05, 0) is 0 Å². The maximum absolute atomic E-state index is 11.0. The van der Waals surface area contributed by atoms with Crippen LogP contribution in [-0.2, 0) is 9.59 Å². The van der Waals surface area contributed by atoms with Gasteiger partial charge in [0.2, 0.25) is 11.8 Å². The summed E-state index contributed by atoms with van der Waals surface area (Å²) in [5, 5.41) is 19.1. The Balaban J connectivity index is 4.79. The Kier molecular flexibility index (Phi) is 3.97. The van der Waals surface area contributed by atoms with Crippen LogP contribution in [0.15, 0.2) is 0 Å². The summed E-state index contributed by atoms with van der Waals surface area (Å²) in [6.07, 6.45) is 0. The highest BCUT2D eigenvalue weighted by Crippen LogP contribution is 2.09. The highest BCUT2D eigenvalue weighted by Gasteiger charge is 2.31. The Labute approximate surface area is 74.9 Å². The molecule has 0 fully saturated rings. The van der Waals surface area contributed by atoms with Crippen molar-refractivity contribution >= 4 is 11.8 Å². The van der Waals surface area contributed by atoms with E-state index in [9.17, 15) is 9.59 Å². The van der Waals surface area contributed by atoms with Gasteiger partial charge in [0.1, 0.15) is 11.8 Å². The van der Waals surface area contributed by atoms with Crippen molar-refractivity contribution in [1.29, 1.82) is 10.5 Å². The van der Waals surface area contributed by atoms with Crippen molar-refractivity contribution in [2.24, 2.45) is 17.6 Å². The predicted octanol–water partition coefficient (Wildman–Crippen LogP) is -1.50. The molecule has 0 rings (SSSR count). The standard InChI is InChI=1S/C7H8N4O2/c1-11-7(13)5(3-9)4(2-8)6(10)12/h4-5H,1H3,(H2,10,12)(H,11,13). The molecule has 0 bridgehead atoms. The van der Waals surface area contributed by atoms with Gasteiger partial charge in [-0.3, -0.25) is 9.59 Å². The number of carbonyl (C=O) groups excluding carboxylic acids is 2. The van der Waals surface area contributed by atoms with Crippen LogP contribution in [0.5, 0.6) is 0 Å². The first-order valence-corrected chi connectivity index (χ1v) is 3.38. The van der Waals surface area contributed by atoms with Gasteiger partial charge in [0.15, 0.2) is 0 Å². The first-order valence-electron chi connectivity index (χ1n) is 3.38. The molecule has 68 valence electrons. The predicted molar refractivity (Wildman–Crippen MR) is 41.5 cm³/mol. The van der Waals surface area contributed by atoms with E-state index in [1.54, 1.807) is 6.07 Å². The number of nitrogens with one attached hydrogen (secondary N) is 1. The normalized spacial score (nSPS) is 13.2. The molecule has 0 aliphatic heterocycles. The van der Waals surface area contributed by atoms with Crippen molar-refractivity contribution < 1.29 is 9.59 Å². The Bertz CT molecular complexity index is 299. The highest BCUT2D eigenvalue weighted by atomic mass is 16.2. The number of hydrogen-bond acceptors (Lipinski definition) is 4. The number of carbonyl (C=O) groups is 2. The van der Waals surface area contributed by atoms with E-state index in [0.29, 0.717) is 0 Å². The molecule has 0 aliphatic rings. The molecule has 0 heterocycles. The summed E-state index contributed by atoms with van der Waals surface area (Å²) < 4.78 is 0. The van der Waals surface area contributed by atoms with Crippen LogP contribution in [0.2, 0.25) is 0 Å². The number of primary amides is 1. The van der Waals surface area contributed by atoms with Crippen LogP contribution < -0.4 is 11.1 Å². The van der Waals surface area contributed by atoms with Crippen LogP contribution in [0.1, 0.15) is 0 Å². The summed E-state index contributed by atoms with van der Waals surface area (Å²) in [5.74, 6) is -4.40. The quantitative estimate of drug-likeness (QED) is 0.548. The molecule has 2 amide bonds. The van der Waals surface area contributed by atoms with Gasteiger partial charge >= 0.3 is 0 Å². The lowest BCUT2D eigenvalue weighted by Crippen LogP contribution is -2.37. The minimum Gasteiger partial charge on any atom is -0.368 e. The average molecular weight is 180 g/mol. The topological polar surface area (TPSA) is 120 Å². The number of amides is 2. The molecule has 6 nitrogen and oxygen atoms in total. The molecule has 3 N–H and O–H groups in total. The van der Waals surface area contributed by atoms with Crippen molar-refractivity contribution in [2.45, 2.75) is 0 Å². The SMILES string of the molecule is CNC(=O)C(C#N)C(C#N)C(N)=O. The lowest BCUT2D eigenvalue weighted by atomic mass is 9.93. The summed E-state index contributed by atoms with van der Waals surface area (Å²) >= 11 is 0. The zero-order chi connectivity index (χ0) is 10.4. The van der Waals surface area contributed by atoms with E-state index in [2.05, 4.69) is 5.32 Å². The minimum atomic E-state index is -1.40. The van der Waals surface area contributed by atoms with Gasteiger partial charge in [0, 0.05) is 7.05 Å². The fraction of sp³-hybridized carbons (Fsp3) is 0.429. The number of nitrogens with zero attached hydrogens (tertiary/aromatic N) is 2. The lowest BCUT2D eigenvalue weighted by Gasteiger charge is -2.09. The van der Waals surface area contributed by atoms with Gasteiger partial charge in [0.05, 0.1) is 12.1 Å². The molecular formula is C7H8N4O2. The van der Waals surface area contributed by atoms with Crippen LogP contribution in [0.25, 0.3) is 0 Å². The van der Waals surface area contributed by atoms with E-state index >= 15 is 0 Å². The van der Waals surface area contributed by atoms with Crippen molar-refractivity contribution in [3.05, 3.63) is 0 Å². The molecule has 0 saturated carbocycles. The van der Waals surface area contributed by atoms with Crippen molar-refractivity contribution in [2.75, 3.05) is 7.05 Å². The molecule has 0 aromatic rings. The van der Waals surface area contributed by atoms with Crippen LogP contribution in [0.4, 0.5) is 0 Å². The van der Waals surface area contributed by atoms with Gasteiger partial charge in [-0.15, -0.1) is 0 Å². The van der Waals surface area contributed by atoms with E-state index < -0.39 is 23.7 Å². The lowest BCUT2D eigenvalue weighted by molar-refractivity contribution is -0.129. The van der Waals surface area contributed by atoms with Crippen LogP contribution >= 0.6 is 0 Å². The number of nitrogens with two attached hydrogens (primary N) is 1. The second-order valence-corrected chi connectivity index (χ2v) is 2.23. The first kappa shape index (κ1) is 10.9. The Hall–Kier alpha value is -2.08. The zero-order valence-corrected chi connectivity index (χ0v) is 6.94. The molecule has 0 saturated heterocycles. The van der Waals surface area contributed by atoms with Crippen LogP contribution in [-0.4, -0.2) is 18.9 Å². The van der Waals surface area contributed by atoms with E-state index in [-0.39, 0.29) is 0 Å². The molecule has 2 atom stereocenters. The molecular weight excluding hydrogens is 172 g/mol. The first-order chi connectivity index (χ1) is 6.08. The molecule has 6 heteroatoms. The molecule has 0 aliphatic carbocycles. The molecule has 0 aromatic carbocycles.